The predicted octanol–water partition coefficient (Wildman–Crippen LogP) is 0.197. The van der Waals surface area contributed by atoms with Gasteiger partial charge in [-0.05, 0) is 20.4 Å². The van der Waals surface area contributed by atoms with Crippen molar-refractivity contribution in [2.45, 2.75) is 26.8 Å². The lowest BCUT2D eigenvalue weighted by molar-refractivity contribution is 0.139. The maximum absolute atomic E-state index is 4.20. The molecule has 0 aromatic rings. The highest BCUT2D eigenvalue weighted by molar-refractivity contribution is 5.79. The lowest BCUT2D eigenvalue weighted by atomic mass is 10.3. The summed E-state index contributed by atoms with van der Waals surface area (Å²) in [7, 11) is 1.82. The fourth-order valence-electron chi connectivity index (χ4n) is 2.13. The molecule has 1 fully saturated rings. The maximum Gasteiger partial charge on any atom is 0.191 e. The van der Waals surface area contributed by atoms with Crippen LogP contribution < -0.4 is 10.6 Å². The van der Waals surface area contributed by atoms with Crippen molar-refractivity contribution in [3.8, 4) is 0 Å². The van der Waals surface area contributed by atoms with E-state index < -0.39 is 0 Å². The minimum atomic E-state index is 0.421. The summed E-state index contributed by atoms with van der Waals surface area (Å²) in [5.74, 6) is 0.900. The first-order valence-corrected chi connectivity index (χ1v) is 7.07. The molecule has 0 atom stereocenters. The average molecular weight is 255 g/mol. The van der Waals surface area contributed by atoms with E-state index in [4.69, 9.17) is 0 Å². The Kier molecular flexibility index (Phi) is 7.05. The van der Waals surface area contributed by atoms with Crippen LogP contribution in [0.5, 0.6) is 0 Å². The van der Waals surface area contributed by atoms with E-state index in [2.05, 4.69) is 46.2 Å². The van der Waals surface area contributed by atoms with Crippen molar-refractivity contribution in [1.82, 2.24) is 20.4 Å². The topological polar surface area (TPSA) is 42.9 Å². The van der Waals surface area contributed by atoms with Gasteiger partial charge in [0.15, 0.2) is 5.96 Å². The molecular formula is C13H29N5. The van der Waals surface area contributed by atoms with E-state index in [0.717, 1.165) is 19.0 Å². The zero-order valence-corrected chi connectivity index (χ0v) is 12.4. The normalized spacial score (nSPS) is 19.3. The van der Waals surface area contributed by atoms with Gasteiger partial charge in [0.2, 0.25) is 0 Å². The van der Waals surface area contributed by atoms with Crippen molar-refractivity contribution < 1.29 is 0 Å². The van der Waals surface area contributed by atoms with Crippen molar-refractivity contribution in [2.24, 2.45) is 4.99 Å². The highest BCUT2D eigenvalue weighted by Crippen LogP contribution is 1.99. The molecule has 0 aromatic carbocycles. The zero-order valence-electron chi connectivity index (χ0n) is 12.4. The van der Waals surface area contributed by atoms with Gasteiger partial charge in [0.25, 0.3) is 0 Å². The zero-order chi connectivity index (χ0) is 13.4. The van der Waals surface area contributed by atoms with E-state index >= 15 is 0 Å². The SMILES string of the molecule is CCN1CCN(CCNC(=NC)NC(C)C)CC1. The Labute approximate surface area is 112 Å². The van der Waals surface area contributed by atoms with E-state index in [1.807, 2.05) is 7.05 Å². The van der Waals surface area contributed by atoms with Crippen molar-refractivity contribution in [2.75, 3.05) is 52.9 Å². The molecule has 18 heavy (non-hydrogen) atoms. The number of nitrogens with one attached hydrogen (secondary N) is 2. The maximum atomic E-state index is 4.20. The smallest absolute Gasteiger partial charge is 0.191 e. The summed E-state index contributed by atoms with van der Waals surface area (Å²) in [5.41, 5.74) is 0. The molecule has 0 amide bonds. The van der Waals surface area contributed by atoms with Gasteiger partial charge in [-0.3, -0.25) is 9.89 Å². The molecule has 5 nitrogen and oxygen atoms in total. The van der Waals surface area contributed by atoms with Gasteiger partial charge in [0.05, 0.1) is 0 Å². The predicted molar refractivity (Wildman–Crippen MR) is 78.2 cm³/mol. The van der Waals surface area contributed by atoms with Crippen LogP contribution >= 0.6 is 0 Å². The molecule has 2 N–H and O–H groups in total. The minimum absolute atomic E-state index is 0.421. The highest BCUT2D eigenvalue weighted by atomic mass is 15.3. The number of hydrogen-bond donors (Lipinski definition) is 2. The first kappa shape index (κ1) is 15.2. The van der Waals surface area contributed by atoms with E-state index in [0.29, 0.717) is 6.04 Å². The number of likely N-dealkylation sites (N-methyl/N-ethyl adjacent to an activating group) is 1. The van der Waals surface area contributed by atoms with Gasteiger partial charge in [-0.2, -0.15) is 0 Å². The van der Waals surface area contributed by atoms with Crippen molar-refractivity contribution >= 4 is 5.96 Å². The van der Waals surface area contributed by atoms with E-state index in [-0.39, 0.29) is 0 Å². The molecule has 1 rings (SSSR count). The molecule has 1 aliphatic heterocycles. The number of nitrogens with zero attached hydrogens (tertiary/aromatic N) is 3. The van der Waals surface area contributed by atoms with Crippen molar-refractivity contribution in [3.05, 3.63) is 0 Å². The molecular weight excluding hydrogens is 226 g/mol. The van der Waals surface area contributed by atoms with Crippen LogP contribution in [0, 0.1) is 0 Å². The van der Waals surface area contributed by atoms with E-state index in [9.17, 15) is 0 Å². The van der Waals surface area contributed by atoms with Gasteiger partial charge in [-0.1, -0.05) is 6.92 Å². The summed E-state index contributed by atoms with van der Waals surface area (Å²) in [4.78, 5) is 9.22. The van der Waals surface area contributed by atoms with Gasteiger partial charge in [0, 0.05) is 52.4 Å². The standard InChI is InChI=1S/C13H29N5/c1-5-17-8-10-18(11-9-17)7-6-15-13(14-4)16-12(2)3/h12H,5-11H2,1-4H3,(H2,14,15,16). The van der Waals surface area contributed by atoms with Crippen molar-refractivity contribution in [1.29, 1.82) is 0 Å². The van der Waals surface area contributed by atoms with Gasteiger partial charge in [-0.15, -0.1) is 0 Å². The molecule has 0 aliphatic carbocycles. The molecule has 0 unspecified atom stereocenters. The van der Waals surface area contributed by atoms with Gasteiger partial charge >= 0.3 is 0 Å². The molecule has 0 radical (unpaired) electrons. The lowest BCUT2D eigenvalue weighted by Gasteiger charge is -2.34. The van der Waals surface area contributed by atoms with Gasteiger partial charge < -0.3 is 15.5 Å². The summed E-state index contributed by atoms with van der Waals surface area (Å²) in [6, 6.07) is 0.421. The van der Waals surface area contributed by atoms with Crippen LogP contribution in [0.1, 0.15) is 20.8 Å². The van der Waals surface area contributed by atoms with Crippen LogP contribution in [0.3, 0.4) is 0 Å². The summed E-state index contributed by atoms with van der Waals surface area (Å²) in [5, 5.41) is 6.65. The Balaban J connectivity index is 2.14. The third-order valence-electron chi connectivity index (χ3n) is 3.28. The first-order valence-electron chi connectivity index (χ1n) is 7.07. The van der Waals surface area contributed by atoms with Gasteiger partial charge in [0.1, 0.15) is 0 Å². The van der Waals surface area contributed by atoms with Crippen LogP contribution in [0.2, 0.25) is 0 Å². The minimum Gasteiger partial charge on any atom is -0.355 e. The summed E-state index contributed by atoms with van der Waals surface area (Å²) >= 11 is 0. The van der Waals surface area contributed by atoms with Crippen molar-refractivity contribution in [3.63, 3.8) is 0 Å². The molecule has 0 spiro atoms. The van der Waals surface area contributed by atoms with Crippen LogP contribution in [0.15, 0.2) is 4.99 Å². The second kappa shape index (κ2) is 8.32. The number of hydrogen-bond acceptors (Lipinski definition) is 3. The number of rotatable bonds is 5. The first-order chi connectivity index (χ1) is 8.65. The lowest BCUT2D eigenvalue weighted by Crippen LogP contribution is -2.49. The van der Waals surface area contributed by atoms with Crippen LogP contribution in [-0.2, 0) is 0 Å². The number of piperazine rings is 1. The summed E-state index contributed by atoms with van der Waals surface area (Å²) in [6.07, 6.45) is 0. The Morgan fingerprint density at radius 3 is 2.28 bits per heavy atom. The summed E-state index contributed by atoms with van der Waals surface area (Å²) in [6.45, 7) is 14.5. The fourth-order valence-corrected chi connectivity index (χ4v) is 2.13. The van der Waals surface area contributed by atoms with Crippen LogP contribution in [-0.4, -0.2) is 74.7 Å². The second-order valence-corrected chi connectivity index (χ2v) is 5.07. The van der Waals surface area contributed by atoms with E-state index in [1.54, 1.807) is 0 Å². The Morgan fingerprint density at radius 1 is 1.17 bits per heavy atom. The molecule has 1 heterocycles. The van der Waals surface area contributed by atoms with E-state index in [1.165, 1.54) is 32.7 Å². The fraction of sp³-hybridized carbons (Fsp3) is 0.923. The number of guanidine groups is 1. The average Bonchev–Trinajstić information content (AvgIpc) is 2.38. The molecule has 5 heteroatoms. The largest absolute Gasteiger partial charge is 0.355 e. The van der Waals surface area contributed by atoms with Crippen LogP contribution in [0.4, 0.5) is 0 Å². The molecule has 1 aliphatic rings. The van der Waals surface area contributed by atoms with Crippen LogP contribution in [0.25, 0.3) is 0 Å². The molecule has 106 valence electrons. The third kappa shape index (κ3) is 5.69. The second-order valence-electron chi connectivity index (χ2n) is 5.07. The summed E-state index contributed by atoms with van der Waals surface area (Å²) < 4.78 is 0. The van der Waals surface area contributed by atoms with Gasteiger partial charge in [-0.25, -0.2) is 0 Å². The molecule has 0 aromatic heterocycles. The quantitative estimate of drug-likeness (QED) is 0.544. The number of aliphatic imine (C=N–C) groups is 1. The third-order valence-corrected chi connectivity index (χ3v) is 3.28. The monoisotopic (exact) mass is 255 g/mol. The Hall–Kier alpha value is -0.810. The highest BCUT2D eigenvalue weighted by Gasteiger charge is 2.14. The Morgan fingerprint density at radius 2 is 1.78 bits per heavy atom. The molecule has 1 saturated heterocycles. The Bertz CT molecular complexity index is 244. The molecule has 0 bridgehead atoms. The molecule has 0 saturated carbocycles.